The van der Waals surface area contributed by atoms with Crippen LogP contribution in [0.4, 0.5) is 5.69 Å². The fourth-order valence-corrected chi connectivity index (χ4v) is 2.28. The molecule has 4 heteroatoms. The van der Waals surface area contributed by atoms with Crippen molar-refractivity contribution in [3.05, 3.63) is 64.2 Å². The molecule has 106 valence electrons. The number of amides is 1. The summed E-state index contributed by atoms with van der Waals surface area (Å²) in [4.78, 5) is 12.3. The van der Waals surface area contributed by atoms with Gasteiger partial charge in [0.15, 0.2) is 0 Å². The first-order valence-corrected chi connectivity index (χ1v) is 7.00. The third-order valence-corrected chi connectivity index (χ3v) is 3.52. The van der Waals surface area contributed by atoms with Gasteiger partial charge in [-0.3, -0.25) is 4.79 Å². The van der Waals surface area contributed by atoms with Crippen LogP contribution in [0, 0.1) is 6.92 Å². The smallest absolute Gasteiger partial charge is 0.255 e. The SMILES string of the molecule is Cc1ccc2c(c1)NC(=O)/C(=C/c1ccc(Cl)cc1)CO2. The van der Waals surface area contributed by atoms with E-state index in [1.807, 2.05) is 43.3 Å². The van der Waals surface area contributed by atoms with Gasteiger partial charge in [0.1, 0.15) is 12.4 Å². The molecule has 2 aromatic rings. The van der Waals surface area contributed by atoms with Crippen LogP contribution >= 0.6 is 11.6 Å². The van der Waals surface area contributed by atoms with E-state index in [4.69, 9.17) is 16.3 Å². The van der Waals surface area contributed by atoms with Crippen molar-refractivity contribution in [2.45, 2.75) is 6.92 Å². The van der Waals surface area contributed by atoms with Crippen molar-refractivity contribution in [3.63, 3.8) is 0 Å². The molecule has 0 atom stereocenters. The normalized spacial score (nSPS) is 15.9. The summed E-state index contributed by atoms with van der Waals surface area (Å²) < 4.78 is 5.70. The summed E-state index contributed by atoms with van der Waals surface area (Å²) in [5, 5.41) is 3.55. The fraction of sp³-hybridized carbons (Fsp3) is 0.118. The molecule has 2 aromatic carbocycles. The summed E-state index contributed by atoms with van der Waals surface area (Å²) in [7, 11) is 0. The lowest BCUT2D eigenvalue weighted by molar-refractivity contribution is -0.112. The third kappa shape index (κ3) is 3.09. The highest BCUT2D eigenvalue weighted by atomic mass is 35.5. The zero-order valence-electron chi connectivity index (χ0n) is 11.5. The van der Waals surface area contributed by atoms with Crippen LogP contribution in [-0.4, -0.2) is 12.5 Å². The number of rotatable bonds is 1. The minimum atomic E-state index is -0.144. The molecule has 0 radical (unpaired) electrons. The second-order valence-corrected chi connectivity index (χ2v) is 5.40. The van der Waals surface area contributed by atoms with E-state index < -0.39 is 0 Å². The average Bonchev–Trinajstić information content (AvgIpc) is 2.61. The predicted molar refractivity (Wildman–Crippen MR) is 84.7 cm³/mol. The highest BCUT2D eigenvalue weighted by molar-refractivity contribution is 6.30. The molecule has 0 saturated heterocycles. The van der Waals surface area contributed by atoms with Gasteiger partial charge in [-0.15, -0.1) is 0 Å². The van der Waals surface area contributed by atoms with Gasteiger partial charge in [-0.05, 0) is 48.4 Å². The maximum absolute atomic E-state index is 12.3. The van der Waals surface area contributed by atoms with Crippen molar-refractivity contribution in [3.8, 4) is 5.75 Å². The van der Waals surface area contributed by atoms with E-state index in [9.17, 15) is 4.79 Å². The van der Waals surface area contributed by atoms with Crippen LogP contribution < -0.4 is 10.1 Å². The second-order valence-electron chi connectivity index (χ2n) is 4.96. The van der Waals surface area contributed by atoms with Crippen LogP contribution in [0.3, 0.4) is 0 Å². The number of hydrogen-bond donors (Lipinski definition) is 1. The molecule has 21 heavy (non-hydrogen) atoms. The van der Waals surface area contributed by atoms with Gasteiger partial charge in [-0.25, -0.2) is 0 Å². The number of benzene rings is 2. The van der Waals surface area contributed by atoms with Crippen molar-refractivity contribution in [2.75, 3.05) is 11.9 Å². The number of anilines is 1. The molecule has 0 unspecified atom stereocenters. The molecule has 0 fully saturated rings. The van der Waals surface area contributed by atoms with Gasteiger partial charge >= 0.3 is 0 Å². The number of nitrogens with one attached hydrogen (secondary N) is 1. The number of carbonyl (C=O) groups excluding carboxylic acids is 1. The van der Waals surface area contributed by atoms with E-state index in [1.165, 1.54) is 0 Å². The van der Waals surface area contributed by atoms with Crippen LogP contribution in [0.2, 0.25) is 5.02 Å². The van der Waals surface area contributed by atoms with Crippen molar-refractivity contribution in [2.24, 2.45) is 0 Å². The molecule has 0 aromatic heterocycles. The average molecular weight is 300 g/mol. The molecule has 1 amide bonds. The number of ether oxygens (including phenoxy) is 1. The van der Waals surface area contributed by atoms with Gasteiger partial charge in [0.2, 0.25) is 0 Å². The monoisotopic (exact) mass is 299 g/mol. The minimum absolute atomic E-state index is 0.144. The summed E-state index contributed by atoms with van der Waals surface area (Å²) >= 11 is 5.86. The van der Waals surface area contributed by atoms with Gasteiger partial charge in [0.05, 0.1) is 11.3 Å². The number of fused-ring (bicyclic) bond motifs is 1. The molecule has 1 N–H and O–H groups in total. The van der Waals surface area contributed by atoms with Crippen molar-refractivity contribution >= 4 is 29.3 Å². The standard InChI is InChI=1S/C17H14ClNO2/c1-11-2-7-16-15(8-11)19-17(20)13(10-21-16)9-12-3-5-14(18)6-4-12/h2-9H,10H2,1H3,(H,19,20)/b13-9+. The summed E-state index contributed by atoms with van der Waals surface area (Å²) in [6, 6.07) is 13.0. The third-order valence-electron chi connectivity index (χ3n) is 3.27. The van der Waals surface area contributed by atoms with E-state index in [2.05, 4.69) is 5.32 Å². The van der Waals surface area contributed by atoms with Crippen LogP contribution in [0.25, 0.3) is 6.08 Å². The lowest BCUT2D eigenvalue weighted by atomic mass is 10.1. The molecule has 3 nitrogen and oxygen atoms in total. The molecule has 0 saturated carbocycles. The Labute approximate surface area is 128 Å². The molecule has 1 heterocycles. The minimum Gasteiger partial charge on any atom is -0.487 e. The first-order chi connectivity index (χ1) is 10.1. The van der Waals surface area contributed by atoms with Crippen LogP contribution in [0.1, 0.15) is 11.1 Å². The largest absolute Gasteiger partial charge is 0.487 e. The molecule has 3 rings (SSSR count). The lowest BCUT2D eigenvalue weighted by Gasteiger charge is -2.06. The Hall–Kier alpha value is -2.26. The first-order valence-electron chi connectivity index (χ1n) is 6.63. The zero-order valence-corrected chi connectivity index (χ0v) is 12.3. The van der Waals surface area contributed by atoms with Crippen molar-refractivity contribution in [1.82, 2.24) is 0 Å². The van der Waals surface area contributed by atoms with Crippen LogP contribution in [0.15, 0.2) is 48.0 Å². The number of aryl methyl sites for hydroxylation is 1. The van der Waals surface area contributed by atoms with Crippen molar-refractivity contribution in [1.29, 1.82) is 0 Å². The quantitative estimate of drug-likeness (QED) is 0.806. The van der Waals surface area contributed by atoms with Gasteiger partial charge in [0, 0.05) is 5.02 Å². The van der Waals surface area contributed by atoms with Gasteiger partial charge in [0.25, 0.3) is 5.91 Å². The maximum atomic E-state index is 12.3. The van der Waals surface area contributed by atoms with Crippen LogP contribution in [-0.2, 0) is 4.79 Å². The molecular weight excluding hydrogens is 286 g/mol. The Morgan fingerprint density at radius 1 is 1.19 bits per heavy atom. The van der Waals surface area contributed by atoms with E-state index in [1.54, 1.807) is 12.1 Å². The Kier molecular flexibility index (Phi) is 3.67. The first kappa shape index (κ1) is 13.7. The Bertz CT molecular complexity index is 720. The number of halogens is 1. The summed E-state index contributed by atoms with van der Waals surface area (Å²) in [5.41, 5.74) is 3.27. The Morgan fingerprint density at radius 2 is 1.95 bits per heavy atom. The number of carbonyl (C=O) groups is 1. The van der Waals surface area contributed by atoms with Gasteiger partial charge in [-0.2, -0.15) is 0 Å². The van der Waals surface area contributed by atoms with E-state index >= 15 is 0 Å². The van der Waals surface area contributed by atoms with E-state index in [0.29, 0.717) is 22.0 Å². The maximum Gasteiger partial charge on any atom is 0.255 e. The van der Waals surface area contributed by atoms with Crippen molar-refractivity contribution < 1.29 is 9.53 Å². The Balaban J connectivity index is 1.90. The van der Waals surface area contributed by atoms with E-state index in [0.717, 1.165) is 11.1 Å². The molecule has 0 bridgehead atoms. The predicted octanol–water partition coefficient (Wildman–Crippen LogP) is 4.06. The highest BCUT2D eigenvalue weighted by Crippen LogP contribution is 2.29. The molecule has 1 aliphatic heterocycles. The molecule has 0 spiro atoms. The molecular formula is C17H14ClNO2. The summed E-state index contributed by atoms with van der Waals surface area (Å²) in [6.07, 6.45) is 1.81. The summed E-state index contributed by atoms with van der Waals surface area (Å²) in [6.45, 7) is 2.21. The van der Waals surface area contributed by atoms with Gasteiger partial charge < -0.3 is 10.1 Å². The lowest BCUT2D eigenvalue weighted by Crippen LogP contribution is -2.15. The zero-order chi connectivity index (χ0) is 14.8. The fourth-order valence-electron chi connectivity index (χ4n) is 2.16. The highest BCUT2D eigenvalue weighted by Gasteiger charge is 2.18. The topological polar surface area (TPSA) is 38.3 Å². The number of hydrogen-bond acceptors (Lipinski definition) is 2. The summed E-state index contributed by atoms with van der Waals surface area (Å²) in [5.74, 6) is 0.544. The molecule has 0 aliphatic carbocycles. The van der Waals surface area contributed by atoms with Crippen LogP contribution in [0.5, 0.6) is 5.75 Å². The van der Waals surface area contributed by atoms with Gasteiger partial charge in [-0.1, -0.05) is 29.8 Å². The van der Waals surface area contributed by atoms with E-state index in [-0.39, 0.29) is 12.5 Å². The molecule has 1 aliphatic rings. The Morgan fingerprint density at radius 3 is 2.71 bits per heavy atom. The second kappa shape index (κ2) is 5.62.